The Morgan fingerprint density at radius 3 is 2.40 bits per heavy atom. The van der Waals surface area contributed by atoms with Gasteiger partial charge in [0.25, 0.3) is 5.91 Å². The number of hydrogen-bond acceptors (Lipinski definition) is 6. The summed E-state index contributed by atoms with van der Waals surface area (Å²) in [6.07, 6.45) is 1.95. The summed E-state index contributed by atoms with van der Waals surface area (Å²) < 4.78 is 38.6. The Labute approximate surface area is 206 Å². The first kappa shape index (κ1) is 25.9. The first-order valence-corrected chi connectivity index (χ1v) is 12.4. The summed E-state index contributed by atoms with van der Waals surface area (Å²) in [5.41, 5.74) is 5.27. The topological polar surface area (TPSA) is 97.3 Å². The Morgan fingerprint density at radius 1 is 0.971 bits per heavy atom. The number of aryl methyl sites for hydroxylation is 1. The summed E-state index contributed by atoms with van der Waals surface area (Å²) in [6, 6.07) is 21.4. The van der Waals surface area contributed by atoms with E-state index in [4.69, 9.17) is 9.47 Å². The molecule has 184 valence electrons. The largest absolute Gasteiger partial charge is 0.493 e. The molecule has 35 heavy (non-hydrogen) atoms. The van der Waals surface area contributed by atoms with Crippen LogP contribution in [0.15, 0.2) is 82.8 Å². The zero-order valence-corrected chi connectivity index (χ0v) is 20.8. The molecule has 0 atom stereocenters. The quantitative estimate of drug-likeness (QED) is 0.325. The van der Waals surface area contributed by atoms with Crippen LogP contribution in [0.25, 0.3) is 0 Å². The smallest absolute Gasteiger partial charge is 0.255 e. The van der Waals surface area contributed by atoms with Gasteiger partial charge in [-0.1, -0.05) is 60.2 Å². The maximum absolute atomic E-state index is 13.5. The van der Waals surface area contributed by atoms with Crippen molar-refractivity contribution in [2.75, 3.05) is 27.3 Å². The Balaban J connectivity index is 1.80. The standard InChI is InChI=1S/C26H29N3O5S/c1-20-8-7-11-22(16-20)18-27-28-26(30)19-29(15-14-21-9-5-4-6-10-21)35(31,32)23-12-13-24(33-2)25(17-23)34-3/h4-13,16-18H,14-15,19H2,1-3H3,(H,28,30)/b27-18-. The van der Waals surface area contributed by atoms with Crippen molar-refractivity contribution in [1.82, 2.24) is 9.73 Å². The second-order valence-electron chi connectivity index (χ2n) is 7.80. The van der Waals surface area contributed by atoms with Gasteiger partial charge in [0.1, 0.15) is 0 Å². The molecule has 3 aromatic carbocycles. The van der Waals surface area contributed by atoms with Crippen molar-refractivity contribution in [3.63, 3.8) is 0 Å². The SMILES string of the molecule is COc1ccc(S(=O)(=O)N(CCc2ccccc2)CC(=O)N/N=C\c2cccc(C)c2)cc1OC. The van der Waals surface area contributed by atoms with Gasteiger partial charge in [0, 0.05) is 12.6 Å². The van der Waals surface area contributed by atoms with E-state index in [-0.39, 0.29) is 17.2 Å². The van der Waals surface area contributed by atoms with E-state index in [0.717, 1.165) is 21.0 Å². The number of ether oxygens (including phenoxy) is 2. The molecule has 3 aromatic rings. The number of nitrogens with one attached hydrogen (secondary N) is 1. The molecule has 0 bridgehead atoms. The Bertz CT molecular complexity index is 1280. The predicted octanol–water partition coefficient (Wildman–Crippen LogP) is 3.40. The van der Waals surface area contributed by atoms with E-state index in [9.17, 15) is 13.2 Å². The van der Waals surface area contributed by atoms with E-state index < -0.39 is 22.5 Å². The molecule has 0 radical (unpaired) electrons. The van der Waals surface area contributed by atoms with Crippen LogP contribution in [-0.4, -0.2) is 52.2 Å². The third kappa shape index (κ3) is 7.14. The van der Waals surface area contributed by atoms with E-state index in [1.54, 1.807) is 0 Å². The van der Waals surface area contributed by atoms with Crippen LogP contribution in [0.1, 0.15) is 16.7 Å². The van der Waals surface area contributed by atoms with Gasteiger partial charge >= 0.3 is 0 Å². The molecule has 8 nitrogen and oxygen atoms in total. The molecule has 3 rings (SSSR count). The summed E-state index contributed by atoms with van der Waals surface area (Å²) in [5, 5.41) is 3.98. The number of hydrogen-bond donors (Lipinski definition) is 1. The molecule has 9 heteroatoms. The molecule has 0 saturated heterocycles. The van der Waals surface area contributed by atoms with E-state index in [1.165, 1.54) is 38.6 Å². The Morgan fingerprint density at radius 2 is 1.71 bits per heavy atom. The van der Waals surface area contributed by atoms with Gasteiger partial charge in [-0.05, 0) is 36.6 Å². The third-order valence-corrected chi connectivity index (χ3v) is 7.09. The number of nitrogens with zero attached hydrogens (tertiary/aromatic N) is 2. The number of amides is 1. The molecule has 0 aliphatic heterocycles. The molecule has 0 fully saturated rings. The maximum atomic E-state index is 13.5. The normalized spacial score (nSPS) is 11.5. The lowest BCUT2D eigenvalue weighted by molar-refractivity contribution is -0.121. The highest BCUT2D eigenvalue weighted by molar-refractivity contribution is 7.89. The van der Waals surface area contributed by atoms with Gasteiger partial charge in [-0.25, -0.2) is 13.8 Å². The van der Waals surface area contributed by atoms with E-state index in [0.29, 0.717) is 12.2 Å². The molecule has 1 N–H and O–H groups in total. The van der Waals surface area contributed by atoms with Crippen molar-refractivity contribution in [3.05, 3.63) is 89.5 Å². The monoisotopic (exact) mass is 495 g/mol. The van der Waals surface area contributed by atoms with E-state index in [2.05, 4.69) is 10.5 Å². The molecule has 0 spiro atoms. The van der Waals surface area contributed by atoms with Gasteiger partial charge < -0.3 is 9.47 Å². The average Bonchev–Trinajstić information content (AvgIpc) is 2.86. The van der Waals surface area contributed by atoms with Crippen LogP contribution >= 0.6 is 0 Å². The number of sulfonamides is 1. The van der Waals surface area contributed by atoms with Crippen LogP contribution in [0.4, 0.5) is 0 Å². The van der Waals surface area contributed by atoms with Gasteiger partial charge in [-0.2, -0.15) is 9.41 Å². The van der Waals surface area contributed by atoms with Crippen molar-refractivity contribution in [2.45, 2.75) is 18.2 Å². The fourth-order valence-corrected chi connectivity index (χ4v) is 4.85. The van der Waals surface area contributed by atoms with Crippen LogP contribution in [0, 0.1) is 6.92 Å². The molecule has 0 unspecified atom stereocenters. The van der Waals surface area contributed by atoms with Crippen molar-refractivity contribution in [3.8, 4) is 11.5 Å². The van der Waals surface area contributed by atoms with Gasteiger partial charge in [0.2, 0.25) is 10.0 Å². The van der Waals surface area contributed by atoms with Gasteiger partial charge in [-0.3, -0.25) is 4.79 Å². The summed E-state index contributed by atoms with van der Waals surface area (Å²) in [4.78, 5) is 12.6. The summed E-state index contributed by atoms with van der Waals surface area (Å²) >= 11 is 0. The molecule has 0 saturated carbocycles. The zero-order valence-electron chi connectivity index (χ0n) is 20.0. The summed E-state index contributed by atoms with van der Waals surface area (Å²) in [7, 11) is -1.12. The number of carbonyl (C=O) groups excluding carboxylic acids is 1. The minimum absolute atomic E-state index is 0.000672. The maximum Gasteiger partial charge on any atom is 0.255 e. The molecule has 0 heterocycles. The predicted molar refractivity (Wildman–Crippen MR) is 135 cm³/mol. The van der Waals surface area contributed by atoms with Crippen molar-refractivity contribution in [1.29, 1.82) is 0 Å². The first-order chi connectivity index (χ1) is 16.8. The highest BCUT2D eigenvalue weighted by Crippen LogP contribution is 2.30. The third-order valence-electron chi connectivity index (χ3n) is 5.25. The van der Waals surface area contributed by atoms with Crippen molar-refractivity contribution < 1.29 is 22.7 Å². The Kier molecular flexibility index (Phi) is 8.99. The number of rotatable bonds is 11. The fraction of sp³-hybridized carbons (Fsp3) is 0.231. The van der Waals surface area contributed by atoms with Crippen LogP contribution < -0.4 is 14.9 Å². The zero-order chi connectivity index (χ0) is 25.3. The first-order valence-electron chi connectivity index (χ1n) is 11.0. The highest BCUT2D eigenvalue weighted by atomic mass is 32.2. The van der Waals surface area contributed by atoms with E-state index in [1.807, 2.05) is 61.5 Å². The molecule has 1 amide bonds. The van der Waals surface area contributed by atoms with Gasteiger partial charge in [0.05, 0.1) is 31.9 Å². The van der Waals surface area contributed by atoms with Gasteiger partial charge in [0.15, 0.2) is 11.5 Å². The molecular weight excluding hydrogens is 466 g/mol. The van der Waals surface area contributed by atoms with Crippen LogP contribution in [0.5, 0.6) is 11.5 Å². The molecule has 0 aliphatic rings. The minimum Gasteiger partial charge on any atom is -0.493 e. The average molecular weight is 496 g/mol. The van der Waals surface area contributed by atoms with Crippen molar-refractivity contribution >= 4 is 22.1 Å². The van der Waals surface area contributed by atoms with Gasteiger partial charge in [-0.15, -0.1) is 0 Å². The number of hydrazone groups is 1. The number of benzene rings is 3. The minimum atomic E-state index is -4.02. The second-order valence-corrected chi connectivity index (χ2v) is 9.74. The molecule has 0 aromatic heterocycles. The number of methoxy groups -OCH3 is 2. The summed E-state index contributed by atoms with van der Waals surface area (Å²) in [5.74, 6) is 0.139. The second kappa shape index (κ2) is 12.1. The van der Waals surface area contributed by atoms with E-state index >= 15 is 0 Å². The highest BCUT2D eigenvalue weighted by Gasteiger charge is 2.27. The molecule has 0 aliphatic carbocycles. The fourth-order valence-electron chi connectivity index (χ4n) is 3.43. The summed E-state index contributed by atoms with van der Waals surface area (Å²) in [6.45, 7) is 1.67. The lowest BCUT2D eigenvalue weighted by atomic mass is 10.1. The number of carbonyl (C=O) groups is 1. The van der Waals surface area contributed by atoms with Crippen LogP contribution in [0.2, 0.25) is 0 Å². The van der Waals surface area contributed by atoms with Crippen molar-refractivity contribution in [2.24, 2.45) is 5.10 Å². The van der Waals surface area contributed by atoms with Crippen LogP contribution in [0.3, 0.4) is 0 Å². The molecular formula is C26H29N3O5S. The lowest BCUT2D eigenvalue weighted by Gasteiger charge is -2.22. The lowest BCUT2D eigenvalue weighted by Crippen LogP contribution is -2.40. The van der Waals surface area contributed by atoms with Crippen LogP contribution in [-0.2, 0) is 21.2 Å². The Hall–Kier alpha value is -3.69.